The Morgan fingerprint density at radius 3 is 2.31 bits per heavy atom. The molecule has 4 heterocycles. The molecule has 4 atom stereocenters. The van der Waals surface area contributed by atoms with Gasteiger partial charge >= 0.3 is 8.56 Å². The molecule has 2 aromatic rings. The fraction of sp³-hybridized carbons (Fsp3) is 0.792. The van der Waals surface area contributed by atoms with Crippen LogP contribution in [0.2, 0.25) is 28.2 Å². The Morgan fingerprint density at radius 1 is 1.14 bits per heavy atom. The predicted molar refractivity (Wildman–Crippen MR) is 145 cm³/mol. The molecule has 2 aromatic heterocycles. The first-order valence-electron chi connectivity index (χ1n) is 12.7. The topological polar surface area (TPSA) is 127 Å². The summed E-state index contributed by atoms with van der Waals surface area (Å²) in [7, 11) is -5.04. The number of aromatic nitrogens is 4. The standard InChI is InChI=1S/C24H43N5O5Si2/c1-22(2,3)35(10,11)33-17-16-14(12-31-36(34-16,23(4,5)6)24(7,8)9)32-20(17)29-13-26-15-18(29)27-21(25)28-19(15)30/h13-14,16-17,20H,12H2,1-11H3,(H3,25,27,28,30)/t14-,16-,17-,20-/m0/s1. The van der Waals surface area contributed by atoms with Crippen molar-refractivity contribution in [2.24, 2.45) is 0 Å². The summed E-state index contributed by atoms with van der Waals surface area (Å²) in [6.45, 7) is 24.7. The molecular weight excluding hydrogens is 494 g/mol. The van der Waals surface area contributed by atoms with Gasteiger partial charge in [-0.2, -0.15) is 4.98 Å². The molecule has 0 spiro atoms. The van der Waals surface area contributed by atoms with Gasteiger partial charge in [-0.3, -0.25) is 14.3 Å². The van der Waals surface area contributed by atoms with E-state index in [-0.39, 0.29) is 44.3 Å². The molecule has 36 heavy (non-hydrogen) atoms. The van der Waals surface area contributed by atoms with E-state index < -0.39 is 29.2 Å². The van der Waals surface area contributed by atoms with Gasteiger partial charge in [0.1, 0.15) is 18.3 Å². The van der Waals surface area contributed by atoms with Crippen LogP contribution in [0, 0.1) is 0 Å². The molecule has 202 valence electrons. The zero-order valence-electron chi connectivity index (χ0n) is 23.6. The highest BCUT2D eigenvalue weighted by Crippen LogP contribution is 2.56. The van der Waals surface area contributed by atoms with Crippen LogP contribution in [0.15, 0.2) is 11.1 Å². The molecule has 0 saturated carbocycles. The fourth-order valence-electron chi connectivity index (χ4n) is 5.32. The summed E-state index contributed by atoms with van der Waals surface area (Å²) in [5.41, 5.74) is 6.06. The van der Waals surface area contributed by atoms with Crippen LogP contribution in [0.25, 0.3) is 11.2 Å². The Labute approximate surface area is 215 Å². The molecule has 0 aromatic carbocycles. The van der Waals surface area contributed by atoms with Gasteiger partial charge in [-0.05, 0) is 18.1 Å². The number of hydrogen-bond donors (Lipinski definition) is 2. The first kappa shape index (κ1) is 27.5. The van der Waals surface area contributed by atoms with E-state index in [2.05, 4.69) is 90.4 Å². The maximum atomic E-state index is 12.5. The lowest BCUT2D eigenvalue weighted by Gasteiger charge is -2.54. The minimum Gasteiger partial charge on any atom is -0.407 e. The molecule has 0 amide bonds. The molecule has 2 aliphatic rings. The number of anilines is 1. The van der Waals surface area contributed by atoms with Crippen molar-refractivity contribution in [2.45, 2.75) is 115 Å². The fourth-order valence-corrected chi connectivity index (χ4v) is 11.6. The molecule has 0 radical (unpaired) electrons. The number of fused-ring (bicyclic) bond motifs is 2. The Balaban J connectivity index is 1.84. The minimum atomic E-state index is -2.78. The maximum absolute atomic E-state index is 12.5. The van der Waals surface area contributed by atoms with Crippen LogP contribution in [0.3, 0.4) is 0 Å². The summed E-state index contributed by atoms with van der Waals surface area (Å²) in [6, 6.07) is 0. The van der Waals surface area contributed by atoms with Crippen LogP contribution in [0.4, 0.5) is 5.95 Å². The molecule has 3 N–H and O–H groups in total. The van der Waals surface area contributed by atoms with Crippen molar-refractivity contribution in [3.05, 3.63) is 16.7 Å². The van der Waals surface area contributed by atoms with Crippen LogP contribution in [-0.4, -0.2) is 61.3 Å². The van der Waals surface area contributed by atoms with E-state index in [4.69, 9.17) is 23.7 Å². The summed E-state index contributed by atoms with van der Waals surface area (Å²) in [4.78, 5) is 23.7. The maximum Gasteiger partial charge on any atom is 0.349 e. The number of aromatic amines is 1. The van der Waals surface area contributed by atoms with Gasteiger partial charge in [-0.25, -0.2) is 4.98 Å². The second kappa shape index (κ2) is 8.47. The van der Waals surface area contributed by atoms with Gasteiger partial charge in [0.15, 0.2) is 25.7 Å². The SMILES string of the molecule is CC(C)(C)[Si](C)(C)O[C@H]1[C@H]2O[Si](C(C)(C)C)(C(C)(C)C)OC[C@@H]2O[C@@H]1n1cnc2c(=O)[nH]c(N)nc21. The van der Waals surface area contributed by atoms with Gasteiger partial charge in [0.25, 0.3) is 5.56 Å². The third-order valence-corrected chi connectivity index (χ3v) is 17.6. The van der Waals surface area contributed by atoms with E-state index in [0.717, 1.165) is 0 Å². The summed E-state index contributed by atoms with van der Waals surface area (Å²) < 4.78 is 29.2. The highest BCUT2D eigenvalue weighted by atomic mass is 28.4. The number of imidazole rings is 1. The summed E-state index contributed by atoms with van der Waals surface area (Å²) in [6.07, 6.45) is -0.112. The van der Waals surface area contributed by atoms with E-state index in [1.807, 2.05) is 0 Å². The molecule has 2 aliphatic heterocycles. The van der Waals surface area contributed by atoms with Crippen LogP contribution in [0.1, 0.15) is 68.5 Å². The molecule has 2 saturated heterocycles. The second-order valence-electron chi connectivity index (χ2n) is 13.7. The number of nitrogens with two attached hydrogens (primary N) is 1. The van der Waals surface area contributed by atoms with Crippen LogP contribution < -0.4 is 11.3 Å². The van der Waals surface area contributed by atoms with Crippen LogP contribution >= 0.6 is 0 Å². The van der Waals surface area contributed by atoms with E-state index in [1.165, 1.54) is 0 Å². The van der Waals surface area contributed by atoms with Crippen molar-refractivity contribution >= 4 is 34.0 Å². The zero-order valence-corrected chi connectivity index (χ0v) is 25.6. The normalized spacial score (nSPS) is 27.4. The van der Waals surface area contributed by atoms with Crippen LogP contribution in [0.5, 0.6) is 0 Å². The first-order valence-corrected chi connectivity index (χ1v) is 17.4. The summed E-state index contributed by atoms with van der Waals surface area (Å²) >= 11 is 0. The van der Waals surface area contributed by atoms with Crippen molar-refractivity contribution in [1.29, 1.82) is 0 Å². The number of ether oxygens (including phenoxy) is 1. The smallest absolute Gasteiger partial charge is 0.349 e. The first-order chi connectivity index (χ1) is 16.3. The van der Waals surface area contributed by atoms with Gasteiger partial charge in [0.2, 0.25) is 5.95 Å². The monoisotopic (exact) mass is 537 g/mol. The average molecular weight is 538 g/mol. The number of H-pyrrole nitrogens is 1. The number of nitrogen functional groups attached to an aromatic ring is 1. The van der Waals surface area contributed by atoms with E-state index in [9.17, 15) is 4.79 Å². The molecular formula is C24H43N5O5Si2. The number of nitrogens with zero attached hydrogens (tertiary/aromatic N) is 3. The Hall–Kier alpha value is -1.58. The van der Waals surface area contributed by atoms with Crippen molar-refractivity contribution in [3.63, 3.8) is 0 Å². The van der Waals surface area contributed by atoms with Gasteiger partial charge in [0.05, 0.1) is 12.9 Å². The van der Waals surface area contributed by atoms with E-state index in [0.29, 0.717) is 12.3 Å². The average Bonchev–Trinajstić information content (AvgIpc) is 3.26. The molecule has 2 fully saturated rings. The largest absolute Gasteiger partial charge is 0.407 e. The Morgan fingerprint density at radius 2 is 1.75 bits per heavy atom. The highest BCUT2D eigenvalue weighted by Gasteiger charge is 2.66. The molecule has 0 unspecified atom stereocenters. The summed E-state index contributed by atoms with van der Waals surface area (Å²) in [5, 5.41) is -0.387. The molecule has 12 heteroatoms. The minimum absolute atomic E-state index is 0.0259. The third-order valence-electron chi connectivity index (χ3n) is 7.97. The molecule has 0 aliphatic carbocycles. The van der Waals surface area contributed by atoms with Gasteiger partial charge in [-0.15, -0.1) is 0 Å². The van der Waals surface area contributed by atoms with Crippen molar-refractivity contribution < 1.29 is 18.0 Å². The highest BCUT2D eigenvalue weighted by molar-refractivity contribution is 6.74. The van der Waals surface area contributed by atoms with E-state index >= 15 is 0 Å². The summed E-state index contributed by atoms with van der Waals surface area (Å²) in [5.74, 6) is 0.0259. The lowest BCUT2D eigenvalue weighted by molar-refractivity contribution is -0.0795. The number of nitrogens with one attached hydrogen (secondary N) is 1. The van der Waals surface area contributed by atoms with Gasteiger partial charge in [-0.1, -0.05) is 62.3 Å². The lowest BCUT2D eigenvalue weighted by atomic mass is 10.1. The third kappa shape index (κ3) is 4.29. The Bertz CT molecular complexity index is 1180. The number of rotatable bonds is 3. The Kier molecular flexibility index (Phi) is 6.46. The predicted octanol–water partition coefficient (Wildman–Crippen LogP) is 4.45. The second-order valence-corrected chi connectivity index (χ2v) is 23.2. The molecule has 0 bridgehead atoms. The van der Waals surface area contributed by atoms with Gasteiger partial charge in [0, 0.05) is 10.1 Å². The number of hydrogen-bond acceptors (Lipinski definition) is 8. The van der Waals surface area contributed by atoms with Crippen molar-refractivity contribution in [1.82, 2.24) is 19.5 Å². The van der Waals surface area contributed by atoms with Crippen molar-refractivity contribution in [3.8, 4) is 0 Å². The lowest BCUT2D eigenvalue weighted by Crippen LogP contribution is -2.66. The van der Waals surface area contributed by atoms with Crippen molar-refractivity contribution in [2.75, 3.05) is 12.3 Å². The quantitative estimate of drug-likeness (QED) is 0.550. The zero-order chi connectivity index (χ0) is 27.1. The van der Waals surface area contributed by atoms with E-state index in [1.54, 1.807) is 10.9 Å². The van der Waals surface area contributed by atoms with Gasteiger partial charge < -0.3 is 23.7 Å². The molecule has 10 nitrogen and oxygen atoms in total. The van der Waals surface area contributed by atoms with Crippen LogP contribution in [-0.2, 0) is 18.0 Å². The molecule has 4 rings (SSSR count).